The second-order valence-corrected chi connectivity index (χ2v) is 10.4. The molecule has 8 rings (SSSR count). The van der Waals surface area contributed by atoms with Crippen LogP contribution in [0, 0.1) is 0 Å². The lowest BCUT2D eigenvalue weighted by molar-refractivity contribution is 0.936. The van der Waals surface area contributed by atoms with Crippen LogP contribution in [0.1, 0.15) is 17.8 Å². The molecule has 0 radical (unpaired) electrons. The molecule has 0 bridgehead atoms. The highest BCUT2D eigenvalue weighted by Crippen LogP contribution is 2.34. The lowest BCUT2D eigenvalue weighted by Gasteiger charge is -2.13. The standard InChI is InChI=1S/C37H26N2/c1-2-8-26(9-3-1)37-38-35-12-6-7-13-36(35)39(37)32-19-16-25(17-20-32)29-18-21-33-30(23-29)14-15-31-22-27-10-4-5-11-28(27)24-34(31)33/h1-5,7-11,13-24H,6,12H2. The highest BCUT2D eigenvalue weighted by Gasteiger charge is 2.19. The zero-order valence-corrected chi connectivity index (χ0v) is 21.5. The second kappa shape index (κ2) is 8.82. The minimum atomic E-state index is 0.984. The normalized spacial score (nSPS) is 12.8. The largest absolute Gasteiger partial charge is 0.293 e. The van der Waals surface area contributed by atoms with E-state index < -0.39 is 0 Å². The van der Waals surface area contributed by atoms with Crippen molar-refractivity contribution < 1.29 is 0 Å². The summed E-state index contributed by atoms with van der Waals surface area (Å²) in [6, 6.07) is 44.0. The molecule has 0 spiro atoms. The van der Waals surface area contributed by atoms with Crippen molar-refractivity contribution in [2.45, 2.75) is 12.8 Å². The Balaban J connectivity index is 1.21. The second-order valence-electron chi connectivity index (χ2n) is 10.4. The molecule has 0 atom stereocenters. The Bertz CT molecular complexity index is 2040. The molecule has 1 aliphatic carbocycles. The predicted molar refractivity (Wildman–Crippen MR) is 164 cm³/mol. The minimum Gasteiger partial charge on any atom is -0.293 e. The topological polar surface area (TPSA) is 17.8 Å². The molecule has 0 saturated heterocycles. The first-order chi connectivity index (χ1) is 19.3. The van der Waals surface area contributed by atoms with Gasteiger partial charge in [-0.05, 0) is 92.7 Å². The zero-order valence-electron chi connectivity index (χ0n) is 21.5. The van der Waals surface area contributed by atoms with Crippen molar-refractivity contribution in [3.05, 3.63) is 139 Å². The lowest BCUT2D eigenvalue weighted by atomic mass is 9.95. The average molecular weight is 499 g/mol. The minimum absolute atomic E-state index is 0.984. The van der Waals surface area contributed by atoms with Gasteiger partial charge in [0.15, 0.2) is 0 Å². The molecule has 2 heteroatoms. The third-order valence-corrected chi connectivity index (χ3v) is 8.01. The number of benzene rings is 6. The Morgan fingerprint density at radius 2 is 1.26 bits per heavy atom. The number of hydrogen-bond donors (Lipinski definition) is 0. The van der Waals surface area contributed by atoms with Crippen molar-refractivity contribution >= 4 is 38.4 Å². The summed E-state index contributed by atoms with van der Waals surface area (Å²) in [5.41, 5.74) is 7.08. The summed E-state index contributed by atoms with van der Waals surface area (Å²) < 4.78 is 2.31. The molecule has 39 heavy (non-hydrogen) atoms. The predicted octanol–water partition coefficient (Wildman–Crippen LogP) is 9.63. The first kappa shape index (κ1) is 22.1. The number of nitrogens with zero attached hydrogens (tertiary/aromatic N) is 2. The van der Waals surface area contributed by atoms with Gasteiger partial charge < -0.3 is 0 Å². The number of aryl methyl sites for hydroxylation is 1. The van der Waals surface area contributed by atoms with Crippen molar-refractivity contribution in [3.63, 3.8) is 0 Å². The van der Waals surface area contributed by atoms with Crippen LogP contribution in [0.2, 0.25) is 0 Å². The maximum Gasteiger partial charge on any atom is 0.145 e. The van der Waals surface area contributed by atoms with Gasteiger partial charge in [0.2, 0.25) is 0 Å². The van der Waals surface area contributed by atoms with Gasteiger partial charge in [-0.1, -0.05) is 97.1 Å². The van der Waals surface area contributed by atoms with Crippen LogP contribution in [0.3, 0.4) is 0 Å². The van der Waals surface area contributed by atoms with E-state index in [9.17, 15) is 0 Å². The van der Waals surface area contributed by atoms with Crippen LogP contribution in [-0.2, 0) is 6.42 Å². The Kier molecular flexibility index (Phi) is 4.99. The number of rotatable bonds is 3. The Labute approximate surface area is 227 Å². The Morgan fingerprint density at radius 3 is 2.08 bits per heavy atom. The summed E-state index contributed by atoms with van der Waals surface area (Å²) in [5.74, 6) is 1.00. The summed E-state index contributed by atoms with van der Waals surface area (Å²) >= 11 is 0. The first-order valence-corrected chi connectivity index (χ1v) is 13.6. The first-order valence-electron chi connectivity index (χ1n) is 13.6. The van der Waals surface area contributed by atoms with Gasteiger partial charge in [-0.25, -0.2) is 4.98 Å². The molecule has 2 nitrogen and oxygen atoms in total. The van der Waals surface area contributed by atoms with Gasteiger partial charge in [0, 0.05) is 11.3 Å². The molecule has 0 unspecified atom stereocenters. The SMILES string of the molecule is C1=Cc2c(nc(-c3ccccc3)n2-c2ccc(-c3ccc4c(ccc5cc6ccccc6cc54)c3)cc2)CC1. The molecule has 0 saturated carbocycles. The molecular weight excluding hydrogens is 472 g/mol. The Morgan fingerprint density at radius 1 is 0.538 bits per heavy atom. The van der Waals surface area contributed by atoms with E-state index in [-0.39, 0.29) is 0 Å². The third-order valence-electron chi connectivity index (χ3n) is 8.01. The van der Waals surface area contributed by atoms with E-state index in [1.807, 2.05) is 0 Å². The van der Waals surface area contributed by atoms with Gasteiger partial charge in [0.05, 0.1) is 11.4 Å². The van der Waals surface area contributed by atoms with Gasteiger partial charge >= 0.3 is 0 Å². The molecule has 0 amide bonds. The summed E-state index contributed by atoms with van der Waals surface area (Å²) in [7, 11) is 0. The van der Waals surface area contributed by atoms with Gasteiger partial charge in [0.1, 0.15) is 5.82 Å². The van der Waals surface area contributed by atoms with E-state index in [1.165, 1.54) is 54.8 Å². The molecule has 7 aromatic rings. The maximum atomic E-state index is 5.07. The van der Waals surface area contributed by atoms with Crippen LogP contribution in [0.4, 0.5) is 0 Å². The average Bonchev–Trinajstić information content (AvgIpc) is 3.40. The number of aromatic nitrogens is 2. The fourth-order valence-corrected chi connectivity index (χ4v) is 6.03. The van der Waals surface area contributed by atoms with E-state index in [1.54, 1.807) is 0 Å². The lowest BCUT2D eigenvalue weighted by Crippen LogP contribution is -2.02. The summed E-state index contributed by atoms with van der Waals surface area (Å²) in [5, 5.41) is 7.71. The zero-order chi connectivity index (χ0) is 25.8. The summed E-state index contributed by atoms with van der Waals surface area (Å²) in [6.07, 6.45) is 6.51. The molecule has 1 aromatic heterocycles. The molecule has 0 aliphatic heterocycles. The number of fused-ring (bicyclic) bond motifs is 5. The smallest absolute Gasteiger partial charge is 0.145 e. The van der Waals surface area contributed by atoms with Crippen molar-refractivity contribution in [1.29, 1.82) is 0 Å². The van der Waals surface area contributed by atoms with Crippen LogP contribution >= 0.6 is 0 Å². The molecule has 0 fully saturated rings. The van der Waals surface area contributed by atoms with Gasteiger partial charge in [-0.15, -0.1) is 0 Å². The van der Waals surface area contributed by atoms with Crippen LogP contribution in [0.25, 0.3) is 66.6 Å². The van der Waals surface area contributed by atoms with Gasteiger partial charge in [0.25, 0.3) is 0 Å². The van der Waals surface area contributed by atoms with Crippen molar-refractivity contribution in [2.24, 2.45) is 0 Å². The third kappa shape index (κ3) is 3.68. The number of allylic oxidation sites excluding steroid dienone is 1. The molecular formula is C37H26N2. The molecule has 184 valence electrons. The molecule has 1 aliphatic rings. The highest BCUT2D eigenvalue weighted by atomic mass is 15.1. The molecule has 0 N–H and O–H groups in total. The monoisotopic (exact) mass is 498 g/mol. The Hall–Kier alpha value is -4.95. The van der Waals surface area contributed by atoms with Crippen LogP contribution < -0.4 is 0 Å². The van der Waals surface area contributed by atoms with Gasteiger partial charge in [-0.2, -0.15) is 0 Å². The van der Waals surface area contributed by atoms with Crippen molar-refractivity contribution in [1.82, 2.24) is 9.55 Å². The van der Waals surface area contributed by atoms with Gasteiger partial charge in [-0.3, -0.25) is 4.57 Å². The summed E-state index contributed by atoms with van der Waals surface area (Å²) in [4.78, 5) is 5.07. The van der Waals surface area contributed by atoms with E-state index in [0.717, 1.165) is 29.9 Å². The fourth-order valence-electron chi connectivity index (χ4n) is 6.03. The van der Waals surface area contributed by atoms with Crippen LogP contribution in [0.5, 0.6) is 0 Å². The maximum absolute atomic E-state index is 5.07. The van der Waals surface area contributed by atoms with E-state index >= 15 is 0 Å². The quantitative estimate of drug-likeness (QED) is 0.175. The summed E-state index contributed by atoms with van der Waals surface area (Å²) in [6.45, 7) is 0. The van der Waals surface area contributed by atoms with E-state index in [2.05, 4.69) is 138 Å². The highest BCUT2D eigenvalue weighted by molar-refractivity contribution is 6.12. The molecule has 1 heterocycles. The molecule has 6 aromatic carbocycles. The van der Waals surface area contributed by atoms with E-state index in [4.69, 9.17) is 4.98 Å². The van der Waals surface area contributed by atoms with Crippen molar-refractivity contribution in [2.75, 3.05) is 0 Å². The van der Waals surface area contributed by atoms with Crippen molar-refractivity contribution in [3.8, 4) is 28.2 Å². The fraction of sp³-hybridized carbons (Fsp3) is 0.0541. The number of imidazole rings is 1. The number of hydrogen-bond acceptors (Lipinski definition) is 1. The van der Waals surface area contributed by atoms with E-state index in [0.29, 0.717) is 0 Å². The van der Waals surface area contributed by atoms with Crippen LogP contribution in [0.15, 0.2) is 127 Å². The van der Waals surface area contributed by atoms with Crippen LogP contribution in [-0.4, -0.2) is 9.55 Å².